The summed E-state index contributed by atoms with van der Waals surface area (Å²) < 4.78 is 4.47. The minimum absolute atomic E-state index is 0.630. The van der Waals surface area contributed by atoms with Gasteiger partial charge in [-0.1, -0.05) is 5.21 Å². The van der Waals surface area contributed by atoms with Gasteiger partial charge in [-0.2, -0.15) is 4.98 Å². The third kappa shape index (κ3) is 2.73. The summed E-state index contributed by atoms with van der Waals surface area (Å²) in [7, 11) is 0. The van der Waals surface area contributed by atoms with Gasteiger partial charge < -0.3 is 5.32 Å². The molecule has 0 saturated carbocycles. The molecule has 0 aromatic carbocycles. The van der Waals surface area contributed by atoms with Gasteiger partial charge in [0.05, 0.1) is 10.7 Å². The summed E-state index contributed by atoms with van der Waals surface area (Å²) in [6.07, 6.45) is 6.32. The lowest BCUT2D eigenvalue weighted by Crippen LogP contribution is -2.08. The van der Waals surface area contributed by atoms with Crippen molar-refractivity contribution in [3.8, 4) is 0 Å². The van der Waals surface area contributed by atoms with Crippen molar-refractivity contribution in [2.45, 2.75) is 13.0 Å². The highest BCUT2D eigenvalue weighted by Crippen LogP contribution is 2.16. The molecule has 1 N–H and O–H groups in total. The van der Waals surface area contributed by atoms with Gasteiger partial charge in [-0.25, -0.2) is 4.52 Å². The Balaban J connectivity index is 1.58. The number of anilines is 1. The second-order valence-electron chi connectivity index (χ2n) is 4.01. The Morgan fingerprint density at radius 2 is 2.26 bits per heavy atom. The molecule has 0 bridgehead atoms. The van der Waals surface area contributed by atoms with Crippen LogP contribution in [0.3, 0.4) is 0 Å². The summed E-state index contributed by atoms with van der Waals surface area (Å²) in [4.78, 5) is 4.41. The average molecular weight is 322 g/mol. The molecular weight excluding hydrogens is 310 g/mol. The summed E-state index contributed by atoms with van der Waals surface area (Å²) in [5.74, 6) is 0.630. The van der Waals surface area contributed by atoms with Crippen LogP contribution in [-0.4, -0.2) is 36.1 Å². The molecule has 3 rings (SSSR count). The van der Waals surface area contributed by atoms with Crippen LogP contribution in [0.4, 0.5) is 5.95 Å². The van der Waals surface area contributed by atoms with Crippen LogP contribution in [0.1, 0.15) is 6.42 Å². The van der Waals surface area contributed by atoms with Crippen LogP contribution >= 0.6 is 15.9 Å². The van der Waals surface area contributed by atoms with Crippen LogP contribution in [-0.2, 0) is 6.54 Å². The molecule has 3 heterocycles. The summed E-state index contributed by atoms with van der Waals surface area (Å²) in [5.41, 5.74) is 0.807. The number of hydrogen-bond acceptors (Lipinski definition) is 5. The number of rotatable bonds is 5. The average Bonchev–Trinajstić information content (AvgIpc) is 3.04. The van der Waals surface area contributed by atoms with E-state index in [-0.39, 0.29) is 0 Å². The van der Waals surface area contributed by atoms with Crippen molar-refractivity contribution in [1.82, 2.24) is 29.6 Å². The van der Waals surface area contributed by atoms with E-state index < -0.39 is 0 Å². The lowest BCUT2D eigenvalue weighted by Gasteiger charge is -2.01. The molecule has 0 aliphatic carbocycles. The van der Waals surface area contributed by atoms with Crippen molar-refractivity contribution < 1.29 is 0 Å². The lowest BCUT2D eigenvalue weighted by atomic mass is 10.4. The Hall–Kier alpha value is -1.96. The number of halogens is 1. The van der Waals surface area contributed by atoms with Crippen molar-refractivity contribution in [2.75, 3.05) is 11.9 Å². The van der Waals surface area contributed by atoms with Crippen LogP contribution < -0.4 is 5.32 Å². The summed E-state index contributed by atoms with van der Waals surface area (Å²) >= 11 is 3.45. The van der Waals surface area contributed by atoms with E-state index in [9.17, 15) is 0 Å². The predicted molar refractivity (Wildman–Crippen MR) is 73.8 cm³/mol. The third-order valence-electron chi connectivity index (χ3n) is 2.63. The fourth-order valence-electron chi connectivity index (χ4n) is 1.74. The number of hydrogen-bond donors (Lipinski definition) is 1. The predicted octanol–water partition coefficient (Wildman–Crippen LogP) is 1.59. The quantitative estimate of drug-likeness (QED) is 0.722. The third-order valence-corrected chi connectivity index (χ3v) is 3.25. The lowest BCUT2D eigenvalue weighted by molar-refractivity contribution is 0.569. The van der Waals surface area contributed by atoms with E-state index >= 15 is 0 Å². The highest BCUT2D eigenvalue weighted by atomic mass is 79.9. The Kier molecular flexibility index (Phi) is 3.41. The standard InChI is InChI=1S/C11H12BrN7/c12-9-3-1-7-19-10(9)15-11(16-19)13-4-2-6-18-8-5-14-17-18/h1,3,5,7-8H,2,4,6H2,(H,13,16). The van der Waals surface area contributed by atoms with E-state index in [2.05, 4.69) is 41.6 Å². The zero-order valence-electron chi connectivity index (χ0n) is 10.1. The molecule has 0 spiro atoms. The molecular formula is C11H12BrN7. The van der Waals surface area contributed by atoms with Gasteiger partial charge in [0.15, 0.2) is 5.65 Å². The molecule has 19 heavy (non-hydrogen) atoms. The van der Waals surface area contributed by atoms with Gasteiger partial charge in [-0.3, -0.25) is 4.68 Å². The van der Waals surface area contributed by atoms with Crippen molar-refractivity contribution in [2.24, 2.45) is 0 Å². The number of fused-ring (bicyclic) bond motifs is 1. The van der Waals surface area contributed by atoms with E-state index in [0.29, 0.717) is 5.95 Å². The Morgan fingerprint density at radius 1 is 1.32 bits per heavy atom. The molecule has 7 nitrogen and oxygen atoms in total. The highest BCUT2D eigenvalue weighted by molar-refractivity contribution is 9.10. The van der Waals surface area contributed by atoms with Crippen molar-refractivity contribution in [1.29, 1.82) is 0 Å². The van der Waals surface area contributed by atoms with E-state index in [1.807, 2.05) is 24.5 Å². The first kappa shape index (κ1) is 12.1. The van der Waals surface area contributed by atoms with Gasteiger partial charge in [0.1, 0.15) is 0 Å². The van der Waals surface area contributed by atoms with E-state index in [0.717, 1.165) is 29.6 Å². The number of aryl methyl sites for hydroxylation is 1. The number of aromatic nitrogens is 6. The molecule has 0 atom stereocenters. The Labute approximate surface area is 117 Å². The Morgan fingerprint density at radius 3 is 3.05 bits per heavy atom. The van der Waals surface area contributed by atoms with Crippen LogP contribution in [0, 0.1) is 0 Å². The van der Waals surface area contributed by atoms with Gasteiger partial charge in [0.25, 0.3) is 0 Å². The zero-order valence-corrected chi connectivity index (χ0v) is 11.7. The van der Waals surface area contributed by atoms with Crippen molar-refractivity contribution >= 4 is 27.5 Å². The topological polar surface area (TPSA) is 72.9 Å². The zero-order chi connectivity index (χ0) is 13.1. The van der Waals surface area contributed by atoms with Crippen LogP contribution in [0.5, 0.6) is 0 Å². The van der Waals surface area contributed by atoms with E-state index in [4.69, 9.17) is 0 Å². The SMILES string of the molecule is Brc1cccn2nc(NCCCn3ccnn3)nc12. The van der Waals surface area contributed by atoms with E-state index in [1.165, 1.54) is 0 Å². The molecule has 0 unspecified atom stereocenters. The summed E-state index contributed by atoms with van der Waals surface area (Å²) in [6.45, 7) is 1.61. The fourth-order valence-corrected chi connectivity index (χ4v) is 2.16. The summed E-state index contributed by atoms with van der Waals surface area (Å²) in [6, 6.07) is 3.86. The van der Waals surface area contributed by atoms with Gasteiger partial charge in [0.2, 0.25) is 5.95 Å². The first-order valence-electron chi connectivity index (χ1n) is 5.92. The largest absolute Gasteiger partial charge is 0.353 e. The fraction of sp³-hybridized carbons (Fsp3) is 0.273. The van der Waals surface area contributed by atoms with Crippen molar-refractivity contribution in [3.63, 3.8) is 0 Å². The number of nitrogens with one attached hydrogen (secondary N) is 1. The molecule has 0 aliphatic heterocycles. The van der Waals surface area contributed by atoms with Crippen molar-refractivity contribution in [3.05, 3.63) is 35.2 Å². The highest BCUT2D eigenvalue weighted by Gasteiger charge is 2.05. The van der Waals surface area contributed by atoms with Crippen LogP contribution in [0.25, 0.3) is 5.65 Å². The molecule has 0 radical (unpaired) electrons. The van der Waals surface area contributed by atoms with Gasteiger partial charge in [0, 0.05) is 25.5 Å². The molecule has 0 aliphatic rings. The Bertz CT molecular complexity index is 661. The first-order chi connectivity index (χ1) is 9.33. The first-order valence-corrected chi connectivity index (χ1v) is 6.71. The second-order valence-corrected chi connectivity index (χ2v) is 4.86. The smallest absolute Gasteiger partial charge is 0.243 e. The minimum atomic E-state index is 0.630. The molecule has 0 saturated heterocycles. The second kappa shape index (κ2) is 5.35. The molecule has 98 valence electrons. The van der Waals surface area contributed by atoms with Gasteiger partial charge in [-0.15, -0.1) is 10.2 Å². The van der Waals surface area contributed by atoms with Gasteiger partial charge in [-0.05, 0) is 34.5 Å². The molecule has 3 aromatic heterocycles. The minimum Gasteiger partial charge on any atom is -0.353 e. The summed E-state index contributed by atoms with van der Waals surface area (Å²) in [5, 5.41) is 15.2. The molecule has 0 fully saturated rings. The van der Waals surface area contributed by atoms with Gasteiger partial charge >= 0.3 is 0 Å². The maximum absolute atomic E-state index is 4.41. The maximum atomic E-state index is 4.41. The normalized spacial score (nSPS) is 11.0. The number of pyridine rings is 1. The van der Waals surface area contributed by atoms with Crippen LogP contribution in [0.2, 0.25) is 0 Å². The van der Waals surface area contributed by atoms with Crippen LogP contribution in [0.15, 0.2) is 35.2 Å². The molecule has 3 aromatic rings. The monoisotopic (exact) mass is 321 g/mol. The molecule has 0 amide bonds. The maximum Gasteiger partial charge on any atom is 0.243 e. The van der Waals surface area contributed by atoms with E-state index in [1.54, 1.807) is 15.4 Å². The number of nitrogens with zero attached hydrogens (tertiary/aromatic N) is 6. The molecule has 8 heteroatoms.